The standard InChI is InChI=1S/C17H22N4O2/c1-13-10-21(12-15(13)19-6-8-23-9-7-19)17(22)14-2-3-16-18-4-5-20(16)11-14/h2-5,11,13,15H,6-10,12H2,1H3. The van der Waals surface area contributed by atoms with Gasteiger partial charge in [0.2, 0.25) is 0 Å². The molecule has 0 saturated carbocycles. The van der Waals surface area contributed by atoms with Crippen molar-refractivity contribution < 1.29 is 9.53 Å². The van der Waals surface area contributed by atoms with E-state index in [0.717, 1.165) is 50.6 Å². The Kier molecular flexibility index (Phi) is 3.79. The summed E-state index contributed by atoms with van der Waals surface area (Å²) >= 11 is 0. The molecule has 2 aliphatic rings. The lowest BCUT2D eigenvalue weighted by Crippen LogP contribution is -2.47. The second kappa shape index (κ2) is 5.94. The molecule has 0 bridgehead atoms. The molecule has 0 N–H and O–H groups in total. The molecule has 122 valence electrons. The van der Waals surface area contributed by atoms with E-state index in [2.05, 4.69) is 16.8 Å². The molecule has 0 aromatic carbocycles. The normalized spacial score (nSPS) is 26.0. The Bertz CT molecular complexity index is 707. The van der Waals surface area contributed by atoms with Crippen LogP contribution in [0.15, 0.2) is 30.7 Å². The van der Waals surface area contributed by atoms with Crippen LogP contribution in [0, 0.1) is 5.92 Å². The summed E-state index contributed by atoms with van der Waals surface area (Å²) in [6, 6.07) is 4.21. The minimum absolute atomic E-state index is 0.114. The zero-order valence-corrected chi connectivity index (χ0v) is 13.4. The number of fused-ring (bicyclic) bond motifs is 1. The number of ether oxygens (including phenoxy) is 1. The van der Waals surface area contributed by atoms with Crippen molar-refractivity contribution in [2.45, 2.75) is 13.0 Å². The minimum Gasteiger partial charge on any atom is -0.379 e. The first kappa shape index (κ1) is 14.7. The first-order chi connectivity index (χ1) is 11.2. The van der Waals surface area contributed by atoms with Gasteiger partial charge in [0.25, 0.3) is 5.91 Å². The van der Waals surface area contributed by atoms with E-state index < -0.39 is 0 Å². The van der Waals surface area contributed by atoms with Gasteiger partial charge in [-0.2, -0.15) is 0 Å². The van der Waals surface area contributed by atoms with Gasteiger partial charge in [0, 0.05) is 50.8 Å². The summed E-state index contributed by atoms with van der Waals surface area (Å²) < 4.78 is 7.34. The molecule has 4 heterocycles. The van der Waals surface area contributed by atoms with E-state index in [1.165, 1.54) is 0 Å². The van der Waals surface area contributed by atoms with Crippen molar-refractivity contribution in [1.29, 1.82) is 0 Å². The molecule has 1 amide bonds. The number of hydrogen-bond acceptors (Lipinski definition) is 4. The fourth-order valence-electron chi connectivity index (χ4n) is 3.73. The predicted octanol–water partition coefficient (Wildman–Crippen LogP) is 1.13. The van der Waals surface area contributed by atoms with Crippen molar-refractivity contribution in [2.24, 2.45) is 5.92 Å². The Labute approximate surface area is 135 Å². The monoisotopic (exact) mass is 314 g/mol. The third-order valence-electron chi connectivity index (χ3n) is 5.01. The van der Waals surface area contributed by atoms with Gasteiger partial charge in [-0.05, 0) is 18.1 Å². The second-order valence-electron chi connectivity index (χ2n) is 6.51. The van der Waals surface area contributed by atoms with Gasteiger partial charge >= 0.3 is 0 Å². The molecule has 23 heavy (non-hydrogen) atoms. The van der Waals surface area contributed by atoms with Crippen LogP contribution in [0.3, 0.4) is 0 Å². The number of nitrogens with zero attached hydrogens (tertiary/aromatic N) is 4. The number of aromatic nitrogens is 2. The van der Waals surface area contributed by atoms with Crippen molar-refractivity contribution >= 4 is 11.6 Å². The second-order valence-corrected chi connectivity index (χ2v) is 6.51. The summed E-state index contributed by atoms with van der Waals surface area (Å²) in [5.74, 6) is 0.609. The predicted molar refractivity (Wildman–Crippen MR) is 86.4 cm³/mol. The van der Waals surface area contributed by atoms with E-state index in [-0.39, 0.29) is 5.91 Å². The molecule has 6 nitrogen and oxygen atoms in total. The highest BCUT2D eigenvalue weighted by Gasteiger charge is 2.36. The molecule has 4 rings (SSSR count). The van der Waals surface area contributed by atoms with E-state index in [4.69, 9.17) is 4.74 Å². The molecule has 2 atom stereocenters. The third kappa shape index (κ3) is 2.72. The molecule has 2 unspecified atom stereocenters. The third-order valence-corrected chi connectivity index (χ3v) is 5.01. The highest BCUT2D eigenvalue weighted by atomic mass is 16.5. The van der Waals surface area contributed by atoms with Crippen LogP contribution >= 0.6 is 0 Å². The van der Waals surface area contributed by atoms with Crippen LogP contribution in [0.25, 0.3) is 5.65 Å². The fourth-order valence-corrected chi connectivity index (χ4v) is 3.73. The zero-order chi connectivity index (χ0) is 15.8. The number of pyridine rings is 1. The lowest BCUT2D eigenvalue weighted by molar-refractivity contribution is 0.0119. The van der Waals surface area contributed by atoms with Crippen molar-refractivity contribution in [3.05, 3.63) is 36.3 Å². The Hall–Kier alpha value is -1.92. The van der Waals surface area contributed by atoms with Crippen LogP contribution in [0.4, 0.5) is 0 Å². The van der Waals surface area contributed by atoms with Gasteiger partial charge in [0.1, 0.15) is 5.65 Å². The van der Waals surface area contributed by atoms with Crippen molar-refractivity contribution in [2.75, 3.05) is 39.4 Å². The molecule has 6 heteroatoms. The molecule has 2 aromatic rings. The average Bonchev–Trinajstić information content (AvgIpc) is 3.20. The first-order valence-corrected chi connectivity index (χ1v) is 8.26. The lowest BCUT2D eigenvalue weighted by Gasteiger charge is -2.33. The summed E-state index contributed by atoms with van der Waals surface area (Å²) in [6.45, 7) is 7.41. The van der Waals surface area contributed by atoms with E-state index in [1.54, 1.807) is 6.20 Å². The van der Waals surface area contributed by atoms with E-state index in [1.807, 2.05) is 33.8 Å². The van der Waals surface area contributed by atoms with Crippen LogP contribution in [-0.4, -0.2) is 70.5 Å². The molecule has 0 spiro atoms. The van der Waals surface area contributed by atoms with Crippen LogP contribution in [0.1, 0.15) is 17.3 Å². The Balaban J connectivity index is 1.50. The van der Waals surface area contributed by atoms with Crippen molar-refractivity contribution in [3.63, 3.8) is 0 Å². The molecule has 2 saturated heterocycles. The SMILES string of the molecule is CC1CN(C(=O)c2ccc3nccn3c2)CC1N1CCOCC1. The zero-order valence-electron chi connectivity index (χ0n) is 13.4. The minimum atomic E-state index is 0.114. The van der Waals surface area contributed by atoms with Gasteiger partial charge in [0.05, 0.1) is 18.8 Å². The molecule has 2 aromatic heterocycles. The number of carbonyl (C=O) groups is 1. The lowest BCUT2D eigenvalue weighted by atomic mass is 10.0. The molecule has 2 fully saturated rings. The molecule has 2 aliphatic heterocycles. The fraction of sp³-hybridized carbons (Fsp3) is 0.529. The van der Waals surface area contributed by atoms with Gasteiger partial charge in [-0.1, -0.05) is 6.92 Å². The number of hydrogen-bond donors (Lipinski definition) is 0. The average molecular weight is 314 g/mol. The largest absolute Gasteiger partial charge is 0.379 e. The molecular formula is C17H22N4O2. The van der Waals surface area contributed by atoms with E-state index in [9.17, 15) is 4.79 Å². The van der Waals surface area contributed by atoms with Gasteiger partial charge in [-0.15, -0.1) is 0 Å². The number of imidazole rings is 1. The number of rotatable bonds is 2. The Morgan fingerprint density at radius 2 is 2.09 bits per heavy atom. The number of likely N-dealkylation sites (tertiary alicyclic amines) is 1. The molecule has 0 aliphatic carbocycles. The number of carbonyl (C=O) groups excluding carboxylic acids is 1. The highest BCUT2D eigenvalue weighted by molar-refractivity contribution is 5.94. The highest BCUT2D eigenvalue weighted by Crippen LogP contribution is 2.24. The van der Waals surface area contributed by atoms with Crippen LogP contribution in [0.2, 0.25) is 0 Å². The maximum atomic E-state index is 12.8. The summed E-state index contributed by atoms with van der Waals surface area (Å²) in [5, 5.41) is 0. The number of amides is 1. The van der Waals surface area contributed by atoms with Gasteiger partial charge in [-0.25, -0.2) is 4.98 Å². The summed E-state index contributed by atoms with van der Waals surface area (Å²) in [7, 11) is 0. The Morgan fingerprint density at radius 1 is 1.26 bits per heavy atom. The van der Waals surface area contributed by atoms with Gasteiger partial charge in [-0.3, -0.25) is 9.69 Å². The summed E-state index contributed by atoms with van der Waals surface area (Å²) in [4.78, 5) is 21.5. The summed E-state index contributed by atoms with van der Waals surface area (Å²) in [5.41, 5.74) is 1.59. The maximum absolute atomic E-state index is 12.8. The van der Waals surface area contributed by atoms with E-state index in [0.29, 0.717) is 12.0 Å². The topological polar surface area (TPSA) is 50.1 Å². The number of morpholine rings is 1. The Morgan fingerprint density at radius 3 is 2.91 bits per heavy atom. The molecule has 0 radical (unpaired) electrons. The van der Waals surface area contributed by atoms with Crippen LogP contribution in [-0.2, 0) is 4.74 Å². The van der Waals surface area contributed by atoms with Gasteiger partial charge in [0.15, 0.2) is 0 Å². The van der Waals surface area contributed by atoms with Crippen LogP contribution in [0.5, 0.6) is 0 Å². The maximum Gasteiger partial charge on any atom is 0.255 e. The quantitative estimate of drug-likeness (QED) is 0.834. The summed E-state index contributed by atoms with van der Waals surface area (Å²) in [6.07, 6.45) is 5.49. The van der Waals surface area contributed by atoms with E-state index >= 15 is 0 Å². The van der Waals surface area contributed by atoms with Crippen molar-refractivity contribution in [1.82, 2.24) is 19.2 Å². The molecular weight excluding hydrogens is 292 g/mol. The van der Waals surface area contributed by atoms with Crippen LogP contribution < -0.4 is 0 Å². The van der Waals surface area contributed by atoms with Gasteiger partial charge < -0.3 is 14.0 Å². The first-order valence-electron chi connectivity index (χ1n) is 8.26. The van der Waals surface area contributed by atoms with Crippen molar-refractivity contribution in [3.8, 4) is 0 Å². The smallest absolute Gasteiger partial charge is 0.255 e.